The Balaban J connectivity index is 4.34. The van der Waals surface area contributed by atoms with E-state index >= 15 is 0 Å². The van der Waals surface area contributed by atoms with Crippen LogP contribution in [0.3, 0.4) is 0 Å². The van der Waals surface area contributed by atoms with Gasteiger partial charge in [-0.3, -0.25) is 0 Å². The summed E-state index contributed by atoms with van der Waals surface area (Å²) in [6.07, 6.45) is 1.02. The Labute approximate surface area is 101 Å². The fourth-order valence-corrected chi connectivity index (χ4v) is 4.33. The first-order chi connectivity index (χ1) is 7.64. The van der Waals surface area contributed by atoms with Crippen LogP contribution in [0.1, 0.15) is 34.1 Å². The lowest BCUT2D eigenvalue weighted by atomic mass is 10.3. The average Bonchev–Trinajstić information content (AvgIpc) is 2.27. The summed E-state index contributed by atoms with van der Waals surface area (Å²) in [7, 11) is -0.446. The van der Waals surface area contributed by atoms with Crippen LogP contribution >= 0.6 is 0 Å². The van der Waals surface area contributed by atoms with Crippen LogP contribution in [0.2, 0.25) is 6.04 Å². The largest absolute Gasteiger partial charge is 0.500 e. The van der Waals surface area contributed by atoms with Gasteiger partial charge in [0.25, 0.3) is 0 Å². The zero-order valence-corrected chi connectivity index (χ0v) is 12.3. The van der Waals surface area contributed by atoms with Crippen molar-refractivity contribution < 1.29 is 13.3 Å². The zero-order chi connectivity index (χ0) is 12.4. The Hall–Kier alpha value is 0.0569. The summed E-state index contributed by atoms with van der Waals surface area (Å²) in [4.78, 5) is 0. The summed E-state index contributed by atoms with van der Waals surface area (Å²) in [5, 5.41) is 3.22. The molecule has 1 atom stereocenters. The van der Waals surface area contributed by atoms with Crippen molar-refractivity contribution in [2.75, 3.05) is 26.9 Å². The zero-order valence-electron chi connectivity index (χ0n) is 11.3. The number of rotatable bonds is 10. The minimum Gasteiger partial charge on any atom is -0.374 e. The van der Waals surface area contributed by atoms with Gasteiger partial charge in [-0.1, -0.05) is 0 Å². The van der Waals surface area contributed by atoms with Crippen molar-refractivity contribution in [1.29, 1.82) is 0 Å². The molecule has 1 unspecified atom stereocenters. The second-order valence-electron chi connectivity index (χ2n) is 3.71. The van der Waals surface area contributed by atoms with Crippen molar-refractivity contribution in [3.63, 3.8) is 0 Å². The van der Waals surface area contributed by atoms with Crippen LogP contribution in [-0.4, -0.2) is 41.7 Å². The second kappa shape index (κ2) is 9.12. The van der Waals surface area contributed by atoms with Gasteiger partial charge >= 0.3 is 8.80 Å². The molecule has 5 heteroatoms. The quantitative estimate of drug-likeness (QED) is 0.601. The number of hydrogen-bond acceptors (Lipinski definition) is 4. The Morgan fingerprint density at radius 2 is 1.44 bits per heavy atom. The first-order valence-electron chi connectivity index (χ1n) is 6.23. The highest BCUT2D eigenvalue weighted by Crippen LogP contribution is 2.19. The van der Waals surface area contributed by atoms with Crippen LogP contribution in [0.4, 0.5) is 0 Å². The van der Waals surface area contributed by atoms with Crippen LogP contribution in [0.25, 0.3) is 0 Å². The Bertz CT molecular complexity index is 152. The minimum absolute atomic E-state index is 0.466. The first-order valence-corrected chi connectivity index (χ1v) is 8.16. The summed E-state index contributed by atoms with van der Waals surface area (Å²) < 4.78 is 17.3. The molecule has 98 valence electrons. The van der Waals surface area contributed by atoms with Gasteiger partial charge in [-0.05, 0) is 41.2 Å². The molecule has 0 aromatic rings. The molecule has 0 saturated heterocycles. The lowest BCUT2D eigenvalue weighted by Gasteiger charge is -2.29. The van der Waals surface area contributed by atoms with E-state index in [4.69, 9.17) is 13.3 Å². The van der Waals surface area contributed by atoms with E-state index in [1.807, 2.05) is 27.8 Å². The Morgan fingerprint density at radius 3 is 1.75 bits per heavy atom. The molecular weight excluding hydrogens is 222 g/mol. The number of hydrogen-bond donors (Lipinski definition) is 1. The standard InChI is InChI=1S/C11H27NO3Si/c1-6-13-16(14-7-2,15-8-3)10-9-11(4)12-5/h11-12H,6-10H2,1-5H3. The smallest absolute Gasteiger partial charge is 0.374 e. The van der Waals surface area contributed by atoms with Crippen molar-refractivity contribution in [3.8, 4) is 0 Å². The van der Waals surface area contributed by atoms with Gasteiger partial charge in [0.05, 0.1) is 0 Å². The predicted molar refractivity (Wildman–Crippen MR) is 68.6 cm³/mol. The molecule has 0 amide bonds. The predicted octanol–water partition coefficient (Wildman–Crippen LogP) is 2.03. The maximum absolute atomic E-state index is 5.77. The molecule has 0 heterocycles. The van der Waals surface area contributed by atoms with E-state index in [0.717, 1.165) is 12.5 Å². The van der Waals surface area contributed by atoms with Crippen molar-refractivity contribution in [2.24, 2.45) is 0 Å². The molecule has 0 spiro atoms. The molecule has 0 fully saturated rings. The van der Waals surface area contributed by atoms with Gasteiger partial charge in [-0.25, -0.2) is 0 Å². The van der Waals surface area contributed by atoms with E-state index in [-0.39, 0.29) is 0 Å². The molecule has 0 aromatic heterocycles. The van der Waals surface area contributed by atoms with Crippen LogP contribution in [0.15, 0.2) is 0 Å². The second-order valence-corrected chi connectivity index (χ2v) is 6.44. The third kappa shape index (κ3) is 5.96. The third-order valence-electron chi connectivity index (χ3n) is 2.47. The summed E-state index contributed by atoms with van der Waals surface area (Å²) in [5.74, 6) is 0. The lowest BCUT2D eigenvalue weighted by Crippen LogP contribution is -2.46. The monoisotopic (exact) mass is 249 g/mol. The molecule has 0 aliphatic heterocycles. The van der Waals surface area contributed by atoms with Crippen LogP contribution in [0, 0.1) is 0 Å². The summed E-state index contributed by atoms with van der Waals surface area (Å²) in [5.41, 5.74) is 0. The molecule has 0 radical (unpaired) electrons. The summed E-state index contributed by atoms with van der Waals surface area (Å²) in [6, 6.07) is 1.35. The van der Waals surface area contributed by atoms with E-state index in [9.17, 15) is 0 Å². The van der Waals surface area contributed by atoms with Gasteiger partial charge in [0, 0.05) is 31.9 Å². The normalized spacial score (nSPS) is 14.1. The molecule has 4 nitrogen and oxygen atoms in total. The van der Waals surface area contributed by atoms with Gasteiger partial charge in [-0.15, -0.1) is 0 Å². The highest BCUT2D eigenvalue weighted by atomic mass is 28.4. The molecule has 0 aromatic carbocycles. The molecule has 0 aliphatic carbocycles. The van der Waals surface area contributed by atoms with E-state index in [0.29, 0.717) is 25.9 Å². The van der Waals surface area contributed by atoms with E-state index in [2.05, 4.69) is 12.2 Å². The summed E-state index contributed by atoms with van der Waals surface area (Å²) in [6.45, 7) is 10.1. The molecule has 0 aliphatic rings. The van der Waals surface area contributed by atoms with Gasteiger partial charge in [-0.2, -0.15) is 0 Å². The van der Waals surface area contributed by atoms with Crippen molar-refractivity contribution in [3.05, 3.63) is 0 Å². The van der Waals surface area contributed by atoms with E-state index in [1.165, 1.54) is 0 Å². The maximum Gasteiger partial charge on any atom is 0.500 e. The van der Waals surface area contributed by atoms with Crippen LogP contribution in [0.5, 0.6) is 0 Å². The molecule has 16 heavy (non-hydrogen) atoms. The van der Waals surface area contributed by atoms with E-state index < -0.39 is 8.80 Å². The maximum atomic E-state index is 5.77. The van der Waals surface area contributed by atoms with Gasteiger partial charge in [0.2, 0.25) is 0 Å². The Kier molecular flexibility index (Phi) is 9.16. The molecule has 1 N–H and O–H groups in total. The van der Waals surface area contributed by atoms with Crippen LogP contribution in [-0.2, 0) is 13.3 Å². The highest BCUT2D eigenvalue weighted by molar-refractivity contribution is 6.60. The van der Waals surface area contributed by atoms with Crippen molar-refractivity contribution in [1.82, 2.24) is 5.32 Å². The third-order valence-corrected chi connectivity index (χ3v) is 5.56. The summed E-state index contributed by atoms with van der Waals surface area (Å²) >= 11 is 0. The van der Waals surface area contributed by atoms with Crippen molar-refractivity contribution in [2.45, 2.75) is 46.2 Å². The fraction of sp³-hybridized carbons (Fsp3) is 1.00. The topological polar surface area (TPSA) is 39.7 Å². The van der Waals surface area contributed by atoms with Gasteiger partial charge in [0.1, 0.15) is 0 Å². The molecule has 0 saturated carbocycles. The van der Waals surface area contributed by atoms with Crippen LogP contribution < -0.4 is 5.32 Å². The van der Waals surface area contributed by atoms with E-state index in [1.54, 1.807) is 0 Å². The lowest BCUT2D eigenvalue weighted by molar-refractivity contribution is 0.0702. The highest BCUT2D eigenvalue weighted by Gasteiger charge is 2.40. The molecule has 0 bridgehead atoms. The molecule has 0 rings (SSSR count). The van der Waals surface area contributed by atoms with Crippen molar-refractivity contribution >= 4 is 8.80 Å². The SMILES string of the molecule is CCO[Si](CCC(C)NC)(OCC)OCC. The number of nitrogens with one attached hydrogen (secondary N) is 1. The van der Waals surface area contributed by atoms with Gasteiger partial charge < -0.3 is 18.6 Å². The van der Waals surface area contributed by atoms with Gasteiger partial charge in [0.15, 0.2) is 0 Å². The molecular formula is C11H27NO3Si. The minimum atomic E-state index is -2.41. The average molecular weight is 249 g/mol. The first kappa shape index (κ1) is 16.1. The fourth-order valence-electron chi connectivity index (χ4n) is 1.54. The Morgan fingerprint density at radius 1 is 1.00 bits per heavy atom.